The zero-order chi connectivity index (χ0) is 21.3. The van der Waals surface area contributed by atoms with Crippen LogP contribution in [-0.2, 0) is 11.3 Å². The smallest absolute Gasteiger partial charge is 0.267 e. The molecule has 3 N–H and O–H groups in total. The van der Waals surface area contributed by atoms with E-state index in [1.165, 1.54) is 10.5 Å². The van der Waals surface area contributed by atoms with E-state index in [2.05, 4.69) is 22.3 Å². The van der Waals surface area contributed by atoms with E-state index in [0.717, 1.165) is 32.5 Å². The highest BCUT2D eigenvalue weighted by atomic mass is 35.5. The molecule has 0 aliphatic carbocycles. The summed E-state index contributed by atoms with van der Waals surface area (Å²) in [5.41, 5.74) is 2.15. The fraction of sp³-hybridized carbons (Fsp3) is 0.391. The number of anilines is 1. The molecule has 0 radical (unpaired) electrons. The summed E-state index contributed by atoms with van der Waals surface area (Å²) >= 11 is 6.25. The molecule has 174 valence electrons. The van der Waals surface area contributed by atoms with Crippen molar-refractivity contribution in [1.29, 1.82) is 0 Å². The van der Waals surface area contributed by atoms with E-state index in [4.69, 9.17) is 16.3 Å². The van der Waals surface area contributed by atoms with Crippen LogP contribution in [0, 0.1) is 0 Å². The second-order valence-electron chi connectivity index (χ2n) is 7.99. The molecule has 2 amide bonds. The summed E-state index contributed by atoms with van der Waals surface area (Å²) < 4.78 is 5.79. The summed E-state index contributed by atoms with van der Waals surface area (Å²) in [6.45, 7) is 4.36. The fourth-order valence-corrected chi connectivity index (χ4v) is 4.37. The first-order chi connectivity index (χ1) is 14.4. The molecular formula is C23H29Cl2N3O4. The Bertz CT molecular complexity index is 958. The number of nitrogens with zero attached hydrogens (tertiary/aromatic N) is 2. The Labute approximate surface area is 199 Å². The third-order valence-electron chi connectivity index (χ3n) is 5.70. The molecule has 4 rings (SSSR count). The first kappa shape index (κ1) is 25.9. The van der Waals surface area contributed by atoms with Crippen LogP contribution < -0.4 is 15.0 Å². The number of benzene rings is 2. The van der Waals surface area contributed by atoms with Gasteiger partial charge in [0, 0.05) is 31.2 Å². The van der Waals surface area contributed by atoms with Crippen molar-refractivity contribution in [2.45, 2.75) is 38.5 Å². The number of likely N-dealkylation sites (tertiary alicyclic amines) is 1. The average molecular weight is 482 g/mol. The van der Waals surface area contributed by atoms with Gasteiger partial charge in [-0.1, -0.05) is 41.9 Å². The Morgan fingerprint density at radius 1 is 1.25 bits per heavy atom. The molecule has 0 spiro atoms. The van der Waals surface area contributed by atoms with Crippen molar-refractivity contribution in [3.63, 3.8) is 0 Å². The van der Waals surface area contributed by atoms with Crippen molar-refractivity contribution in [1.82, 2.24) is 10.2 Å². The molecule has 1 saturated heterocycles. The second kappa shape index (κ2) is 11.0. The Balaban J connectivity index is 0.00000181. The van der Waals surface area contributed by atoms with E-state index >= 15 is 0 Å². The van der Waals surface area contributed by atoms with Crippen LogP contribution in [0.2, 0.25) is 5.02 Å². The lowest BCUT2D eigenvalue weighted by Gasteiger charge is -2.34. The maximum Gasteiger partial charge on any atom is 0.267 e. The van der Waals surface area contributed by atoms with Gasteiger partial charge in [-0.25, -0.2) is 0 Å². The number of carbonyl (C=O) groups excluding carboxylic acids is 2. The van der Waals surface area contributed by atoms with Crippen molar-refractivity contribution < 1.29 is 19.8 Å². The van der Waals surface area contributed by atoms with Crippen molar-refractivity contribution in [3.8, 4) is 5.75 Å². The van der Waals surface area contributed by atoms with Crippen LogP contribution in [0.3, 0.4) is 0 Å². The molecular weight excluding hydrogens is 453 g/mol. The van der Waals surface area contributed by atoms with Crippen molar-refractivity contribution in [2.75, 3.05) is 25.0 Å². The fourth-order valence-electron chi connectivity index (χ4n) is 4.16. The van der Waals surface area contributed by atoms with E-state index in [9.17, 15) is 9.59 Å². The van der Waals surface area contributed by atoms with Crippen molar-refractivity contribution in [2.24, 2.45) is 0 Å². The van der Waals surface area contributed by atoms with Crippen molar-refractivity contribution >= 4 is 41.5 Å². The van der Waals surface area contributed by atoms with Crippen LogP contribution in [0.25, 0.3) is 0 Å². The SMILES string of the molecule is CC1Oc2c(C(=O)NC3CCCN(Cc4ccccc4)C3)cc(Cl)cc2N(C)C1=O.Cl.O. The number of hydrogen-bond donors (Lipinski definition) is 1. The molecule has 2 aliphatic heterocycles. The van der Waals surface area contributed by atoms with E-state index in [1.54, 1.807) is 26.1 Å². The number of halogens is 2. The van der Waals surface area contributed by atoms with Crippen LogP contribution in [0.15, 0.2) is 42.5 Å². The minimum Gasteiger partial charge on any atom is -0.478 e. The molecule has 9 heteroatoms. The molecule has 32 heavy (non-hydrogen) atoms. The molecule has 7 nitrogen and oxygen atoms in total. The summed E-state index contributed by atoms with van der Waals surface area (Å²) in [6.07, 6.45) is 1.30. The van der Waals surface area contributed by atoms with E-state index in [1.807, 2.05) is 18.2 Å². The van der Waals surface area contributed by atoms with Crippen LogP contribution in [0.4, 0.5) is 5.69 Å². The lowest BCUT2D eigenvalue weighted by Crippen LogP contribution is -2.48. The molecule has 1 fully saturated rings. The molecule has 2 heterocycles. The van der Waals surface area contributed by atoms with E-state index in [0.29, 0.717) is 22.0 Å². The Hall–Kier alpha value is -2.32. The highest BCUT2D eigenvalue weighted by Crippen LogP contribution is 2.39. The van der Waals surface area contributed by atoms with Gasteiger partial charge in [-0.3, -0.25) is 14.5 Å². The number of carbonyl (C=O) groups is 2. The van der Waals surface area contributed by atoms with Crippen LogP contribution in [-0.4, -0.2) is 54.5 Å². The lowest BCUT2D eigenvalue weighted by atomic mass is 10.0. The number of ether oxygens (including phenoxy) is 1. The number of fused-ring (bicyclic) bond motifs is 1. The number of nitrogens with one attached hydrogen (secondary N) is 1. The monoisotopic (exact) mass is 481 g/mol. The number of likely N-dealkylation sites (N-methyl/N-ethyl adjacent to an activating group) is 1. The number of amides is 2. The quantitative estimate of drug-likeness (QED) is 0.725. The minimum absolute atomic E-state index is 0. The normalized spacial score (nSPS) is 20.3. The Morgan fingerprint density at radius 3 is 2.69 bits per heavy atom. The first-order valence-electron chi connectivity index (χ1n) is 10.3. The standard InChI is InChI=1S/C23H26ClN3O3.ClH.H2O/c1-15-23(29)26(2)20-12-17(24)11-19(21(20)30-15)22(28)25-18-9-6-10-27(14-18)13-16-7-4-3-5-8-16;;/h3-5,7-8,11-12,15,18H,6,9-10,13-14H2,1-2H3,(H,25,28);1H;1H2. The van der Waals surface area contributed by atoms with Gasteiger partial charge in [0.1, 0.15) is 0 Å². The molecule has 2 atom stereocenters. The number of hydrogen-bond acceptors (Lipinski definition) is 4. The predicted octanol–water partition coefficient (Wildman–Crippen LogP) is 3.08. The van der Waals surface area contributed by atoms with Gasteiger partial charge in [0.05, 0.1) is 11.3 Å². The van der Waals surface area contributed by atoms with Crippen LogP contribution in [0.5, 0.6) is 5.75 Å². The van der Waals surface area contributed by atoms with Gasteiger partial charge >= 0.3 is 0 Å². The average Bonchev–Trinajstić information content (AvgIpc) is 2.73. The van der Waals surface area contributed by atoms with Crippen LogP contribution in [0.1, 0.15) is 35.7 Å². The van der Waals surface area contributed by atoms with Gasteiger partial charge in [-0.15, -0.1) is 12.4 Å². The zero-order valence-corrected chi connectivity index (χ0v) is 19.7. The summed E-state index contributed by atoms with van der Waals surface area (Å²) in [4.78, 5) is 29.2. The largest absolute Gasteiger partial charge is 0.478 e. The minimum atomic E-state index is -0.647. The summed E-state index contributed by atoms with van der Waals surface area (Å²) in [5.74, 6) is 0.0127. The molecule has 0 bridgehead atoms. The van der Waals surface area contributed by atoms with E-state index < -0.39 is 6.10 Å². The van der Waals surface area contributed by atoms with Crippen molar-refractivity contribution in [3.05, 3.63) is 58.6 Å². The molecule has 2 aromatic rings. The molecule has 2 aliphatic rings. The van der Waals surface area contributed by atoms with Gasteiger partial charge < -0.3 is 20.4 Å². The number of rotatable bonds is 4. The van der Waals surface area contributed by atoms with E-state index in [-0.39, 0.29) is 35.7 Å². The third-order valence-corrected chi connectivity index (χ3v) is 5.92. The maximum atomic E-state index is 13.1. The Kier molecular flexibility index (Phi) is 8.92. The second-order valence-corrected chi connectivity index (χ2v) is 8.43. The summed E-state index contributed by atoms with van der Waals surface area (Å²) in [5, 5.41) is 3.54. The van der Waals surface area contributed by atoms with Gasteiger partial charge in [-0.2, -0.15) is 0 Å². The lowest BCUT2D eigenvalue weighted by molar-refractivity contribution is -0.125. The molecule has 0 aromatic heterocycles. The van der Waals surface area contributed by atoms with Gasteiger partial charge in [0.2, 0.25) is 0 Å². The molecule has 0 saturated carbocycles. The van der Waals surface area contributed by atoms with Crippen LogP contribution >= 0.6 is 24.0 Å². The third kappa shape index (κ3) is 5.53. The van der Waals surface area contributed by atoms with Gasteiger partial charge in [0.15, 0.2) is 11.9 Å². The molecule has 2 aromatic carbocycles. The Morgan fingerprint density at radius 2 is 1.97 bits per heavy atom. The number of piperidine rings is 1. The maximum absolute atomic E-state index is 13.1. The summed E-state index contributed by atoms with van der Waals surface area (Å²) in [6, 6.07) is 13.7. The van der Waals surface area contributed by atoms with Gasteiger partial charge in [-0.05, 0) is 44.0 Å². The topological polar surface area (TPSA) is 93.4 Å². The molecule has 2 unspecified atom stereocenters. The zero-order valence-electron chi connectivity index (χ0n) is 18.1. The predicted molar refractivity (Wildman–Crippen MR) is 128 cm³/mol. The highest BCUT2D eigenvalue weighted by molar-refractivity contribution is 6.31. The first-order valence-corrected chi connectivity index (χ1v) is 10.6. The highest BCUT2D eigenvalue weighted by Gasteiger charge is 2.33. The summed E-state index contributed by atoms with van der Waals surface area (Å²) in [7, 11) is 1.67. The van der Waals surface area contributed by atoms with Gasteiger partial charge in [0.25, 0.3) is 11.8 Å².